The van der Waals surface area contributed by atoms with Crippen molar-refractivity contribution in [2.75, 3.05) is 19.7 Å². The van der Waals surface area contributed by atoms with E-state index in [9.17, 15) is 18.0 Å². The average Bonchev–Trinajstić information content (AvgIpc) is 3.42. The molecule has 1 saturated heterocycles. The molecular formula is C20H21F3N2O5. The average molecular weight is 426 g/mol. The molecule has 1 amide bonds. The molecule has 2 aliphatic rings. The maximum Gasteiger partial charge on any atom is 0.490 e. The Morgan fingerprint density at radius 2 is 2.10 bits per heavy atom. The number of fused-ring (bicyclic) bond motifs is 1. The number of hydrogen-bond acceptors (Lipinski definition) is 5. The number of pyridine rings is 1. The van der Waals surface area contributed by atoms with Gasteiger partial charge in [0, 0.05) is 30.8 Å². The number of nitrogens with zero attached hydrogens (tertiary/aromatic N) is 2. The summed E-state index contributed by atoms with van der Waals surface area (Å²) in [5, 5.41) is 7.12. The molecule has 7 nitrogen and oxygen atoms in total. The van der Waals surface area contributed by atoms with E-state index in [0.29, 0.717) is 24.0 Å². The number of carbonyl (C=O) groups excluding carboxylic acids is 1. The molecule has 1 aliphatic heterocycles. The molecule has 2 atom stereocenters. The Hall–Kier alpha value is -3.04. The first-order valence-corrected chi connectivity index (χ1v) is 9.37. The van der Waals surface area contributed by atoms with Gasteiger partial charge in [0.05, 0.1) is 18.4 Å². The quantitative estimate of drug-likeness (QED) is 0.803. The molecule has 30 heavy (non-hydrogen) atoms. The van der Waals surface area contributed by atoms with Crippen molar-refractivity contribution < 1.29 is 37.0 Å². The molecule has 2 aromatic rings. The van der Waals surface area contributed by atoms with Crippen LogP contribution in [0.4, 0.5) is 13.2 Å². The molecule has 0 bridgehead atoms. The largest absolute Gasteiger partial charge is 0.490 e. The molecule has 0 aromatic carbocycles. The van der Waals surface area contributed by atoms with Gasteiger partial charge >= 0.3 is 12.1 Å². The first-order chi connectivity index (χ1) is 14.2. The van der Waals surface area contributed by atoms with Crippen LogP contribution in [-0.4, -0.2) is 52.7 Å². The number of aromatic nitrogens is 1. The summed E-state index contributed by atoms with van der Waals surface area (Å²) in [5.41, 5.74) is 0.697. The Kier molecular flexibility index (Phi) is 6.33. The van der Waals surface area contributed by atoms with E-state index in [1.165, 1.54) is 19.1 Å². The molecule has 10 heteroatoms. The summed E-state index contributed by atoms with van der Waals surface area (Å²) in [4.78, 5) is 27.6. The summed E-state index contributed by atoms with van der Waals surface area (Å²) < 4.78 is 42.7. The summed E-state index contributed by atoms with van der Waals surface area (Å²) in [7, 11) is 0. The molecule has 162 valence electrons. The highest BCUT2D eigenvalue weighted by Gasteiger charge is 2.51. The van der Waals surface area contributed by atoms with Gasteiger partial charge in [0.15, 0.2) is 0 Å². The third-order valence-corrected chi connectivity index (χ3v) is 5.48. The van der Waals surface area contributed by atoms with Gasteiger partial charge in [-0.05, 0) is 30.9 Å². The summed E-state index contributed by atoms with van der Waals surface area (Å²) in [5.74, 6) is -1.52. The maximum atomic E-state index is 12.6. The van der Waals surface area contributed by atoms with Crippen molar-refractivity contribution in [3.63, 3.8) is 0 Å². The number of carboxylic acid groups (broad SMARTS) is 1. The number of hydrogen-bond donors (Lipinski definition) is 1. The predicted octanol–water partition coefficient (Wildman–Crippen LogP) is 3.63. The molecule has 0 radical (unpaired) electrons. The zero-order valence-electron chi connectivity index (χ0n) is 16.0. The second-order valence-electron chi connectivity index (χ2n) is 7.41. The minimum atomic E-state index is -5.08. The lowest BCUT2D eigenvalue weighted by molar-refractivity contribution is -0.192. The number of amides is 1. The molecule has 0 spiro atoms. The van der Waals surface area contributed by atoms with Gasteiger partial charge in [-0.3, -0.25) is 4.79 Å². The van der Waals surface area contributed by atoms with E-state index in [0.717, 1.165) is 19.5 Å². The van der Waals surface area contributed by atoms with Crippen LogP contribution in [-0.2, 0) is 4.79 Å². The van der Waals surface area contributed by atoms with E-state index in [1.54, 1.807) is 18.5 Å². The van der Waals surface area contributed by atoms with E-state index < -0.39 is 12.1 Å². The number of likely N-dealkylation sites (tertiary alicyclic amines) is 1. The number of halogens is 3. The number of ether oxygens (including phenoxy) is 1. The number of rotatable bonds is 4. The highest BCUT2D eigenvalue weighted by molar-refractivity contribution is 5.94. The van der Waals surface area contributed by atoms with Gasteiger partial charge in [-0.2, -0.15) is 13.2 Å². The first kappa shape index (κ1) is 21.7. The van der Waals surface area contributed by atoms with Crippen LogP contribution >= 0.6 is 0 Å². The monoisotopic (exact) mass is 426 g/mol. The van der Waals surface area contributed by atoms with Crippen LogP contribution in [0.2, 0.25) is 0 Å². The molecule has 2 fully saturated rings. The van der Waals surface area contributed by atoms with E-state index in [-0.39, 0.29) is 11.3 Å². The van der Waals surface area contributed by atoms with Crippen LogP contribution < -0.4 is 4.74 Å². The maximum absolute atomic E-state index is 12.6. The Bertz CT molecular complexity index is 857. The van der Waals surface area contributed by atoms with Crippen molar-refractivity contribution in [2.45, 2.75) is 25.4 Å². The smallest absolute Gasteiger partial charge is 0.477 e. The lowest BCUT2D eigenvalue weighted by atomic mass is 9.81. The SMILES string of the molecule is O=C(O)C(F)(F)F.O=C(c1ccoc1)N1C[C@H]2CCC[C@@]2(COc2ccccn2)C1. The number of alkyl halides is 3. The molecule has 1 aliphatic carbocycles. The fourth-order valence-electron chi connectivity index (χ4n) is 4.02. The number of carbonyl (C=O) groups is 2. The number of carboxylic acids is 1. The van der Waals surface area contributed by atoms with Crippen molar-refractivity contribution in [1.29, 1.82) is 0 Å². The van der Waals surface area contributed by atoms with Crippen molar-refractivity contribution in [2.24, 2.45) is 11.3 Å². The zero-order chi connectivity index (χ0) is 21.8. The van der Waals surface area contributed by atoms with E-state index in [4.69, 9.17) is 19.1 Å². The van der Waals surface area contributed by atoms with Crippen LogP contribution in [0.3, 0.4) is 0 Å². The normalized spacial score (nSPS) is 22.8. The molecule has 4 rings (SSSR count). The van der Waals surface area contributed by atoms with Gasteiger partial charge in [0.25, 0.3) is 5.91 Å². The summed E-state index contributed by atoms with van der Waals surface area (Å²) in [6.45, 7) is 2.20. The lowest BCUT2D eigenvalue weighted by Gasteiger charge is -2.28. The summed E-state index contributed by atoms with van der Waals surface area (Å²) in [6.07, 6.45) is 3.21. The fourth-order valence-corrected chi connectivity index (χ4v) is 4.02. The van der Waals surface area contributed by atoms with Crippen LogP contribution in [0, 0.1) is 11.3 Å². The van der Waals surface area contributed by atoms with Gasteiger partial charge in [-0.25, -0.2) is 9.78 Å². The second-order valence-corrected chi connectivity index (χ2v) is 7.41. The zero-order valence-corrected chi connectivity index (χ0v) is 16.0. The molecule has 3 heterocycles. The van der Waals surface area contributed by atoms with E-state index in [2.05, 4.69) is 4.98 Å². The standard InChI is InChI=1S/C18H20N2O3.C2HF3O2/c21-17(14-6-9-22-11-14)20-10-15-4-3-7-18(15,12-20)13-23-16-5-1-2-8-19-16;3-2(4,5)1(6)7/h1-2,5-6,8-9,11,15H,3-4,7,10,12-13H2;(H,6,7)/t15-,18+;/m1./s1. The second kappa shape index (κ2) is 8.76. The third-order valence-electron chi connectivity index (χ3n) is 5.48. The third kappa shape index (κ3) is 4.92. The lowest BCUT2D eigenvalue weighted by Crippen LogP contribution is -2.35. The molecular weight excluding hydrogens is 405 g/mol. The highest BCUT2D eigenvalue weighted by atomic mass is 19.4. The van der Waals surface area contributed by atoms with Gasteiger partial charge in [0.2, 0.25) is 5.88 Å². The predicted molar refractivity (Wildman–Crippen MR) is 97.8 cm³/mol. The Balaban J connectivity index is 0.000000318. The Labute approximate surface area is 170 Å². The van der Waals surface area contributed by atoms with Crippen LogP contribution in [0.5, 0.6) is 5.88 Å². The Morgan fingerprint density at radius 1 is 1.33 bits per heavy atom. The van der Waals surface area contributed by atoms with Crippen molar-refractivity contribution >= 4 is 11.9 Å². The van der Waals surface area contributed by atoms with Gasteiger partial charge < -0.3 is 19.2 Å². The minimum Gasteiger partial charge on any atom is -0.477 e. The van der Waals surface area contributed by atoms with Crippen LogP contribution in [0.1, 0.15) is 29.6 Å². The topological polar surface area (TPSA) is 92.9 Å². The number of aliphatic carboxylic acids is 1. The van der Waals surface area contributed by atoms with Crippen LogP contribution in [0.25, 0.3) is 0 Å². The van der Waals surface area contributed by atoms with Gasteiger partial charge in [-0.15, -0.1) is 0 Å². The fraction of sp³-hybridized carbons (Fsp3) is 0.450. The molecule has 1 saturated carbocycles. The minimum absolute atomic E-state index is 0.0605. The van der Waals surface area contributed by atoms with Crippen molar-refractivity contribution in [3.05, 3.63) is 48.6 Å². The first-order valence-electron chi connectivity index (χ1n) is 9.37. The van der Waals surface area contributed by atoms with Crippen molar-refractivity contribution in [1.82, 2.24) is 9.88 Å². The van der Waals surface area contributed by atoms with Gasteiger partial charge in [-0.1, -0.05) is 12.5 Å². The number of furan rings is 1. The van der Waals surface area contributed by atoms with E-state index >= 15 is 0 Å². The Morgan fingerprint density at radius 3 is 2.70 bits per heavy atom. The molecule has 1 N–H and O–H groups in total. The van der Waals surface area contributed by atoms with Crippen molar-refractivity contribution in [3.8, 4) is 5.88 Å². The van der Waals surface area contributed by atoms with Gasteiger partial charge in [0.1, 0.15) is 6.26 Å². The summed E-state index contributed by atoms with van der Waals surface area (Å²) in [6, 6.07) is 7.41. The summed E-state index contributed by atoms with van der Waals surface area (Å²) >= 11 is 0. The highest BCUT2D eigenvalue weighted by Crippen LogP contribution is 2.49. The molecule has 0 unspecified atom stereocenters. The van der Waals surface area contributed by atoms with E-state index in [1.807, 2.05) is 23.1 Å². The molecule has 2 aromatic heterocycles. The van der Waals surface area contributed by atoms with Crippen LogP contribution in [0.15, 0.2) is 47.4 Å².